The van der Waals surface area contributed by atoms with Gasteiger partial charge < -0.3 is 14.6 Å². The van der Waals surface area contributed by atoms with Crippen LogP contribution in [0.1, 0.15) is 0 Å². The van der Waals surface area contributed by atoms with Crippen molar-refractivity contribution < 1.29 is 19.0 Å². The lowest BCUT2D eigenvalue weighted by Crippen LogP contribution is -1.95. The van der Waals surface area contributed by atoms with Crippen LogP contribution in [-0.4, -0.2) is 19.0 Å². The van der Waals surface area contributed by atoms with Gasteiger partial charge in [-0.3, -0.25) is 0 Å². The summed E-state index contributed by atoms with van der Waals surface area (Å²) in [6.07, 6.45) is 0. The Morgan fingerprint density at radius 2 is 2.25 bits per heavy atom. The molecule has 66 valence electrons. The maximum Gasteiger partial charge on any atom is 0.186 e. The fourth-order valence-electron chi connectivity index (χ4n) is 0.811. The van der Waals surface area contributed by atoms with Crippen LogP contribution in [0.15, 0.2) is 18.2 Å². The van der Waals surface area contributed by atoms with Crippen molar-refractivity contribution in [3.63, 3.8) is 0 Å². The Bertz CT molecular complexity index is 262. The Balaban J connectivity index is 2.86. The topological polar surface area (TPSA) is 38.7 Å². The van der Waals surface area contributed by atoms with E-state index in [0.717, 1.165) is 6.07 Å². The molecule has 0 aromatic heterocycles. The molecule has 0 spiro atoms. The summed E-state index contributed by atoms with van der Waals surface area (Å²) in [4.78, 5) is 0. The number of methoxy groups -OCH3 is 1. The fourth-order valence-corrected chi connectivity index (χ4v) is 0.811. The maximum absolute atomic E-state index is 12.9. The Morgan fingerprint density at radius 3 is 2.75 bits per heavy atom. The van der Waals surface area contributed by atoms with Crippen LogP contribution in [0.5, 0.6) is 11.5 Å². The third-order valence-corrected chi connectivity index (χ3v) is 1.35. The monoisotopic (exact) mass is 172 g/mol. The summed E-state index contributed by atoms with van der Waals surface area (Å²) in [6, 6.07) is 4.09. The second-order valence-electron chi connectivity index (χ2n) is 2.07. The van der Waals surface area contributed by atoms with E-state index in [1.54, 1.807) is 0 Å². The Kier molecular flexibility index (Phi) is 2.88. The molecule has 0 amide bonds. The van der Waals surface area contributed by atoms with Crippen molar-refractivity contribution in [2.75, 3.05) is 13.9 Å². The van der Waals surface area contributed by atoms with E-state index in [2.05, 4.69) is 9.47 Å². The summed E-state index contributed by atoms with van der Waals surface area (Å²) in [6.45, 7) is -0.466. The van der Waals surface area contributed by atoms with Crippen molar-refractivity contribution in [2.24, 2.45) is 0 Å². The number of aliphatic hydroxyl groups is 1. The molecule has 0 atom stereocenters. The molecule has 1 rings (SSSR count). The van der Waals surface area contributed by atoms with Gasteiger partial charge in [0.2, 0.25) is 0 Å². The van der Waals surface area contributed by atoms with E-state index >= 15 is 0 Å². The summed E-state index contributed by atoms with van der Waals surface area (Å²) >= 11 is 0. The first-order chi connectivity index (χ1) is 5.77. The van der Waals surface area contributed by atoms with Crippen molar-refractivity contribution >= 4 is 0 Å². The minimum atomic E-state index is -0.511. The van der Waals surface area contributed by atoms with Crippen LogP contribution in [0.25, 0.3) is 0 Å². The van der Waals surface area contributed by atoms with Gasteiger partial charge in [0, 0.05) is 6.07 Å². The highest BCUT2D eigenvalue weighted by Gasteiger charge is 2.02. The molecule has 0 aliphatic rings. The fraction of sp³-hybridized carbons (Fsp3) is 0.250. The Labute approximate surface area is 69.3 Å². The number of hydrogen-bond acceptors (Lipinski definition) is 3. The molecule has 0 unspecified atom stereocenters. The second-order valence-corrected chi connectivity index (χ2v) is 2.07. The average molecular weight is 172 g/mol. The Morgan fingerprint density at radius 1 is 1.50 bits per heavy atom. The van der Waals surface area contributed by atoms with Crippen LogP contribution >= 0.6 is 0 Å². The molecule has 0 saturated heterocycles. The first-order valence-electron chi connectivity index (χ1n) is 3.35. The lowest BCUT2D eigenvalue weighted by atomic mass is 10.3. The summed E-state index contributed by atoms with van der Waals surface area (Å²) in [7, 11) is 1.38. The van der Waals surface area contributed by atoms with Crippen molar-refractivity contribution in [3.05, 3.63) is 24.0 Å². The lowest BCUT2D eigenvalue weighted by molar-refractivity contribution is 0.0981. The van der Waals surface area contributed by atoms with Crippen molar-refractivity contribution in [1.82, 2.24) is 0 Å². The van der Waals surface area contributed by atoms with E-state index in [9.17, 15) is 4.39 Å². The van der Waals surface area contributed by atoms with Gasteiger partial charge >= 0.3 is 0 Å². The molecule has 0 radical (unpaired) electrons. The van der Waals surface area contributed by atoms with E-state index in [1.165, 1.54) is 19.2 Å². The number of hydrogen-bond donors (Lipinski definition) is 1. The molecule has 3 nitrogen and oxygen atoms in total. The van der Waals surface area contributed by atoms with Crippen LogP contribution in [0.3, 0.4) is 0 Å². The largest absolute Gasteiger partial charge is 0.494 e. The SMILES string of the molecule is COc1ccc(OCO)cc1F. The molecule has 0 bridgehead atoms. The molecule has 4 heteroatoms. The zero-order valence-corrected chi connectivity index (χ0v) is 6.58. The highest BCUT2D eigenvalue weighted by molar-refractivity contribution is 5.32. The molecule has 0 heterocycles. The van der Waals surface area contributed by atoms with Crippen molar-refractivity contribution in [1.29, 1.82) is 0 Å². The molecular formula is C8H9FO3. The van der Waals surface area contributed by atoms with E-state index in [4.69, 9.17) is 5.11 Å². The highest BCUT2D eigenvalue weighted by Crippen LogP contribution is 2.21. The summed E-state index contributed by atoms with van der Waals surface area (Å²) < 4.78 is 22.2. The molecule has 0 aliphatic carbocycles. The number of benzene rings is 1. The zero-order chi connectivity index (χ0) is 8.97. The minimum Gasteiger partial charge on any atom is -0.494 e. The molecule has 1 aromatic rings. The van der Waals surface area contributed by atoms with Gasteiger partial charge in [-0.1, -0.05) is 0 Å². The molecule has 0 fully saturated rings. The van der Waals surface area contributed by atoms with Gasteiger partial charge in [0.05, 0.1) is 7.11 Å². The number of halogens is 1. The summed E-state index contributed by atoms with van der Waals surface area (Å²) in [5.74, 6) is -0.0838. The summed E-state index contributed by atoms with van der Waals surface area (Å²) in [5.41, 5.74) is 0. The van der Waals surface area contributed by atoms with Crippen molar-refractivity contribution in [2.45, 2.75) is 0 Å². The molecule has 0 aliphatic heterocycles. The van der Waals surface area contributed by atoms with Crippen LogP contribution in [0.2, 0.25) is 0 Å². The van der Waals surface area contributed by atoms with Gasteiger partial charge in [0.1, 0.15) is 5.75 Å². The third kappa shape index (κ3) is 1.85. The Hall–Kier alpha value is -1.29. The van der Waals surface area contributed by atoms with E-state index in [0.29, 0.717) is 0 Å². The van der Waals surface area contributed by atoms with Gasteiger partial charge in [0.15, 0.2) is 18.4 Å². The number of rotatable bonds is 3. The van der Waals surface area contributed by atoms with Gasteiger partial charge in [-0.15, -0.1) is 0 Å². The zero-order valence-electron chi connectivity index (χ0n) is 6.58. The standard InChI is InChI=1S/C8H9FO3/c1-11-8-3-2-6(12-5-10)4-7(8)9/h2-4,10H,5H2,1H3. The number of aliphatic hydroxyl groups excluding tert-OH is 1. The van der Waals surface area contributed by atoms with Crippen LogP contribution in [-0.2, 0) is 0 Å². The van der Waals surface area contributed by atoms with E-state index in [1.807, 2.05) is 0 Å². The van der Waals surface area contributed by atoms with Gasteiger partial charge in [0.25, 0.3) is 0 Å². The molecule has 12 heavy (non-hydrogen) atoms. The highest BCUT2D eigenvalue weighted by atomic mass is 19.1. The minimum absolute atomic E-state index is 0.153. The van der Waals surface area contributed by atoms with Crippen molar-refractivity contribution in [3.8, 4) is 11.5 Å². The van der Waals surface area contributed by atoms with Crippen LogP contribution in [0.4, 0.5) is 4.39 Å². The molecular weight excluding hydrogens is 163 g/mol. The molecule has 0 saturated carbocycles. The first-order valence-corrected chi connectivity index (χ1v) is 3.35. The normalized spacial score (nSPS) is 9.58. The van der Waals surface area contributed by atoms with Gasteiger partial charge in [-0.25, -0.2) is 4.39 Å². The predicted molar refractivity (Wildman–Crippen MR) is 40.7 cm³/mol. The molecule has 1 aromatic carbocycles. The first kappa shape index (κ1) is 8.80. The summed E-state index contributed by atoms with van der Waals surface area (Å²) in [5, 5.41) is 8.36. The number of ether oxygens (including phenoxy) is 2. The quantitative estimate of drug-likeness (QED) is 0.695. The van der Waals surface area contributed by atoms with E-state index < -0.39 is 12.6 Å². The predicted octanol–water partition coefficient (Wildman–Crippen LogP) is 1.16. The van der Waals surface area contributed by atoms with Crippen LogP contribution < -0.4 is 9.47 Å². The molecule has 1 N–H and O–H groups in total. The lowest BCUT2D eigenvalue weighted by Gasteiger charge is -2.04. The maximum atomic E-state index is 12.9. The average Bonchev–Trinajstić information content (AvgIpc) is 2.05. The smallest absolute Gasteiger partial charge is 0.186 e. The van der Waals surface area contributed by atoms with E-state index in [-0.39, 0.29) is 11.5 Å². The van der Waals surface area contributed by atoms with Crippen LogP contribution in [0, 0.1) is 5.82 Å². The van der Waals surface area contributed by atoms with Gasteiger partial charge in [-0.2, -0.15) is 0 Å². The second kappa shape index (κ2) is 3.92. The van der Waals surface area contributed by atoms with Gasteiger partial charge in [-0.05, 0) is 12.1 Å². The third-order valence-electron chi connectivity index (χ3n) is 1.35.